The Morgan fingerprint density at radius 3 is 2.30 bits per heavy atom. The normalized spacial score (nSPS) is 10.7. The van der Waals surface area contributed by atoms with Crippen molar-refractivity contribution in [3.05, 3.63) is 101 Å². The molecule has 0 atom stereocenters. The topological polar surface area (TPSA) is 46.1 Å². The summed E-state index contributed by atoms with van der Waals surface area (Å²) in [4.78, 5) is 25.4. The number of aryl methyl sites for hydroxylation is 2. The molecule has 0 aliphatic rings. The molecule has 0 unspecified atom stereocenters. The molecule has 0 aliphatic heterocycles. The minimum atomic E-state index is -0.142. The number of hydrogen-bond donors (Lipinski definition) is 0. The van der Waals surface area contributed by atoms with Crippen LogP contribution in [0.25, 0.3) is 10.4 Å². The molecule has 0 radical (unpaired) electrons. The van der Waals surface area contributed by atoms with Crippen molar-refractivity contribution < 1.29 is 4.79 Å². The Kier molecular flexibility index (Phi) is 6.00. The van der Waals surface area contributed by atoms with Crippen molar-refractivity contribution in [1.82, 2.24) is 9.97 Å². The third-order valence-electron chi connectivity index (χ3n) is 4.92. The van der Waals surface area contributed by atoms with Crippen LogP contribution in [0.2, 0.25) is 0 Å². The molecular formula is C25H23N3OS. The first-order valence-corrected chi connectivity index (χ1v) is 10.8. The first-order chi connectivity index (χ1) is 14.7. The fourth-order valence-corrected chi connectivity index (χ4v) is 4.23. The van der Waals surface area contributed by atoms with Gasteiger partial charge in [0.15, 0.2) is 0 Å². The van der Waals surface area contributed by atoms with E-state index in [1.165, 1.54) is 5.56 Å². The Morgan fingerprint density at radius 1 is 0.933 bits per heavy atom. The van der Waals surface area contributed by atoms with Crippen molar-refractivity contribution in [3.8, 4) is 10.4 Å². The largest absolute Gasteiger partial charge is 0.287 e. The Hall–Kier alpha value is -3.31. The number of thiazole rings is 1. The maximum Gasteiger partial charge on any atom is 0.279 e. The number of benzene rings is 2. The van der Waals surface area contributed by atoms with E-state index in [9.17, 15) is 4.79 Å². The smallest absolute Gasteiger partial charge is 0.279 e. The van der Waals surface area contributed by atoms with E-state index in [2.05, 4.69) is 41.2 Å². The number of pyridine rings is 1. The molecular weight excluding hydrogens is 390 g/mol. The molecule has 4 aromatic rings. The van der Waals surface area contributed by atoms with Crippen molar-refractivity contribution >= 4 is 23.1 Å². The van der Waals surface area contributed by atoms with Crippen LogP contribution in [0.5, 0.6) is 0 Å². The molecule has 5 heteroatoms. The maximum atomic E-state index is 13.7. The molecule has 2 heterocycles. The van der Waals surface area contributed by atoms with Crippen LogP contribution in [-0.4, -0.2) is 15.9 Å². The first-order valence-electron chi connectivity index (χ1n) is 9.99. The van der Waals surface area contributed by atoms with Gasteiger partial charge in [0.25, 0.3) is 5.91 Å². The number of hydrogen-bond acceptors (Lipinski definition) is 4. The minimum Gasteiger partial charge on any atom is -0.287 e. The quantitative estimate of drug-likeness (QED) is 0.394. The molecule has 150 valence electrons. The zero-order valence-corrected chi connectivity index (χ0v) is 17.9. The molecule has 0 saturated carbocycles. The zero-order valence-electron chi connectivity index (χ0n) is 17.1. The molecule has 30 heavy (non-hydrogen) atoms. The second-order valence-corrected chi connectivity index (χ2v) is 8.23. The van der Waals surface area contributed by atoms with E-state index >= 15 is 0 Å². The van der Waals surface area contributed by atoms with E-state index in [1.807, 2.05) is 55.5 Å². The molecule has 4 rings (SSSR count). The summed E-state index contributed by atoms with van der Waals surface area (Å²) in [7, 11) is 0. The highest BCUT2D eigenvalue weighted by atomic mass is 32.1. The van der Waals surface area contributed by atoms with Crippen LogP contribution >= 0.6 is 11.3 Å². The first kappa shape index (κ1) is 20.0. The van der Waals surface area contributed by atoms with Gasteiger partial charge in [0.1, 0.15) is 11.5 Å². The average Bonchev–Trinajstić information content (AvgIpc) is 3.20. The molecule has 0 N–H and O–H groups in total. The van der Waals surface area contributed by atoms with Gasteiger partial charge in [0, 0.05) is 6.20 Å². The average molecular weight is 414 g/mol. The van der Waals surface area contributed by atoms with Crippen LogP contribution in [0, 0.1) is 6.92 Å². The van der Waals surface area contributed by atoms with E-state index in [-0.39, 0.29) is 5.91 Å². The SMILES string of the molecule is CCc1ccc(CN(C(=O)c2nc(C)sc2-c2ccccc2)c2ccccn2)cc1. The summed E-state index contributed by atoms with van der Waals surface area (Å²) in [6, 6.07) is 23.9. The Morgan fingerprint density at radius 2 is 1.63 bits per heavy atom. The molecule has 4 nitrogen and oxygen atoms in total. The van der Waals surface area contributed by atoms with E-state index in [4.69, 9.17) is 0 Å². The molecule has 0 saturated heterocycles. The zero-order chi connectivity index (χ0) is 20.9. The molecule has 2 aromatic heterocycles. The summed E-state index contributed by atoms with van der Waals surface area (Å²) in [6.07, 6.45) is 2.70. The Labute approximate surface area is 180 Å². The Balaban J connectivity index is 1.73. The van der Waals surface area contributed by atoms with Crippen LogP contribution in [0.15, 0.2) is 79.0 Å². The van der Waals surface area contributed by atoms with Crippen molar-refractivity contribution in [3.63, 3.8) is 0 Å². The highest BCUT2D eigenvalue weighted by Crippen LogP contribution is 2.32. The van der Waals surface area contributed by atoms with E-state index in [0.717, 1.165) is 27.4 Å². The van der Waals surface area contributed by atoms with Gasteiger partial charge in [-0.05, 0) is 42.2 Å². The van der Waals surface area contributed by atoms with Crippen LogP contribution in [0.3, 0.4) is 0 Å². The molecule has 2 aromatic carbocycles. The maximum absolute atomic E-state index is 13.7. The van der Waals surface area contributed by atoms with Gasteiger partial charge in [-0.25, -0.2) is 9.97 Å². The van der Waals surface area contributed by atoms with Gasteiger partial charge in [0.2, 0.25) is 0 Å². The van der Waals surface area contributed by atoms with Crippen LogP contribution in [0.4, 0.5) is 5.82 Å². The fourth-order valence-electron chi connectivity index (χ4n) is 3.32. The van der Waals surface area contributed by atoms with Gasteiger partial charge in [0.05, 0.1) is 16.4 Å². The Bertz CT molecular complexity index is 1120. The molecule has 0 bridgehead atoms. The second-order valence-electron chi connectivity index (χ2n) is 7.03. The van der Waals surface area contributed by atoms with E-state index < -0.39 is 0 Å². The monoisotopic (exact) mass is 413 g/mol. The highest BCUT2D eigenvalue weighted by Gasteiger charge is 2.25. The number of aromatic nitrogens is 2. The number of nitrogens with zero attached hydrogens (tertiary/aromatic N) is 3. The minimum absolute atomic E-state index is 0.142. The van der Waals surface area contributed by atoms with Gasteiger partial charge in [-0.15, -0.1) is 11.3 Å². The number of carbonyl (C=O) groups excluding carboxylic acids is 1. The van der Waals surface area contributed by atoms with Crippen molar-refractivity contribution in [2.24, 2.45) is 0 Å². The van der Waals surface area contributed by atoms with Crippen molar-refractivity contribution in [2.45, 2.75) is 26.8 Å². The van der Waals surface area contributed by atoms with Gasteiger partial charge < -0.3 is 0 Å². The highest BCUT2D eigenvalue weighted by molar-refractivity contribution is 7.15. The third-order valence-corrected chi connectivity index (χ3v) is 5.94. The standard InChI is InChI=1S/C25H23N3OS/c1-3-19-12-14-20(15-13-19)17-28(22-11-7-8-16-26-22)25(29)23-24(30-18(2)27-23)21-9-5-4-6-10-21/h4-16H,3,17H2,1-2H3. The van der Waals surface area contributed by atoms with E-state index in [0.29, 0.717) is 18.1 Å². The van der Waals surface area contributed by atoms with Gasteiger partial charge in [-0.3, -0.25) is 9.69 Å². The lowest BCUT2D eigenvalue weighted by Gasteiger charge is -2.22. The van der Waals surface area contributed by atoms with Gasteiger partial charge in [-0.2, -0.15) is 0 Å². The molecule has 0 spiro atoms. The van der Waals surface area contributed by atoms with Gasteiger partial charge >= 0.3 is 0 Å². The number of amides is 1. The summed E-state index contributed by atoms with van der Waals surface area (Å²) in [6.45, 7) is 4.50. The van der Waals surface area contributed by atoms with Crippen LogP contribution in [0.1, 0.15) is 33.5 Å². The van der Waals surface area contributed by atoms with Crippen LogP contribution in [-0.2, 0) is 13.0 Å². The van der Waals surface area contributed by atoms with Crippen molar-refractivity contribution in [1.29, 1.82) is 0 Å². The number of rotatable bonds is 6. The second kappa shape index (κ2) is 9.01. The summed E-state index contributed by atoms with van der Waals surface area (Å²) in [5, 5.41) is 0.866. The lowest BCUT2D eigenvalue weighted by atomic mass is 10.1. The predicted octanol–water partition coefficient (Wildman–Crippen LogP) is 5.92. The predicted molar refractivity (Wildman–Crippen MR) is 123 cm³/mol. The van der Waals surface area contributed by atoms with Crippen molar-refractivity contribution in [2.75, 3.05) is 4.90 Å². The number of anilines is 1. The summed E-state index contributed by atoms with van der Waals surface area (Å²) in [5.74, 6) is 0.475. The summed E-state index contributed by atoms with van der Waals surface area (Å²) < 4.78 is 0. The lowest BCUT2D eigenvalue weighted by Crippen LogP contribution is -2.31. The third kappa shape index (κ3) is 4.31. The summed E-state index contributed by atoms with van der Waals surface area (Å²) >= 11 is 1.54. The van der Waals surface area contributed by atoms with Crippen LogP contribution < -0.4 is 4.90 Å². The molecule has 0 fully saturated rings. The number of carbonyl (C=O) groups is 1. The molecule has 0 aliphatic carbocycles. The van der Waals surface area contributed by atoms with Gasteiger partial charge in [-0.1, -0.05) is 67.6 Å². The fraction of sp³-hybridized carbons (Fsp3) is 0.160. The molecule has 1 amide bonds. The summed E-state index contributed by atoms with van der Waals surface area (Å²) in [5.41, 5.74) is 3.80. The van der Waals surface area contributed by atoms with E-state index in [1.54, 1.807) is 22.4 Å². The lowest BCUT2D eigenvalue weighted by molar-refractivity contribution is 0.0980.